The van der Waals surface area contributed by atoms with Crippen molar-refractivity contribution in [2.75, 3.05) is 11.4 Å². The van der Waals surface area contributed by atoms with E-state index in [-0.39, 0.29) is 11.8 Å². The standard InChI is InChI=1S/C18H19NO/c1-3-19-17-10-5-4-9-15(17)16(18(19)20)12-14-8-6-7-13(2)11-14/h4-11,16H,3,12H2,1-2H3/t16-/m1/s1. The van der Waals surface area contributed by atoms with Gasteiger partial charge in [-0.05, 0) is 37.5 Å². The van der Waals surface area contributed by atoms with E-state index in [0.717, 1.165) is 18.7 Å². The minimum Gasteiger partial charge on any atom is -0.312 e. The van der Waals surface area contributed by atoms with Crippen LogP contribution in [0.4, 0.5) is 5.69 Å². The monoisotopic (exact) mass is 265 g/mol. The van der Waals surface area contributed by atoms with Crippen molar-refractivity contribution in [2.24, 2.45) is 0 Å². The summed E-state index contributed by atoms with van der Waals surface area (Å²) in [5.41, 5.74) is 4.73. The lowest BCUT2D eigenvalue weighted by Gasteiger charge is -2.15. The highest BCUT2D eigenvalue weighted by Crippen LogP contribution is 2.38. The summed E-state index contributed by atoms with van der Waals surface area (Å²) in [6, 6.07) is 16.6. The zero-order valence-corrected chi connectivity index (χ0v) is 12.0. The Morgan fingerprint density at radius 2 is 1.90 bits per heavy atom. The first-order chi connectivity index (χ1) is 9.70. The molecule has 0 unspecified atom stereocenters. The number of carbonyl (C=O) groups excluding carboxylic acids is 1. The topological polar surface area (TPSA) is 20.3 Å². The lowest BCUT2D eigenvalue weighted by atomic mass is 9.93. The molecule has 1 aliphatic heterocycles. The highest BCUT2D eigenvalue weighted by Gasteiger charge is 2.35. The first-order valence-electron chi connectivity index (χ1n) is 7.16. The van der Waals surface area contributed by atoms with Crippen molar-refractivity contribution in [1.29, 1.82) is 0 Å². The highest BCUT2D eigenvalue weighted by atomic mass is 16.2. The molecule has 0 aliphatic carbocycles. The Bertz CT molecular complexity index is 647. The number of carbonyl (C=O) groups is 1. The van der Waals surface area contributed by atoms with Crippen LogP contribution >= 0.6 is 0 Å². The van der Waals surface area contributed by atoms with Crippen LogP contribution in [0.2, 0.25) is 0 Å². The maximum atomic E-state index is 12.6. The molecule has 1 aliphatic rings. The molecule has 0 radical (unpaired) electrons. The van der Waals surface area contributed by atoms with E-state index < -0.39 is 0 Å². The van der Waals surface area contributed by atoms with Crippen molar-refractivity contribution in [2.45, 2.75) is 26.2 Å². The van der Waals surface area contributed by atoms with Crippen LogP contribution in [0, 0.1) is 6.92 Å². The second-order valence-electron chi connectivity index (χ2n) is 5.39. The fourth-order valence-electron chi connectivity index (χ4n) is 3.07. The number of aryl methyl sites for hydroxylation is 1. The summed E-state index contributed by atoms with van der Waals surface area (Å²) in [7, 11) is 0. The summed E-state index contributed by atoms with van der Waals surface area (Å²) in [6.45, 7) is 4.86. The maximum absolute atomic E-state index is 12.6. The summed E-state index contributed by atoms with van der Waals surface area (Å²) in [6.07, 6.45) is 0.786. The molecule has 20 heavy (non-hydrogen) atoms. The van der Waals surface area contributed by atoms with E-state index in [2.05, 4.69) is 37.3 Å². The minimum atomic E-state index is -0.0343. The molecule has 1 heterocycles. The molecular formula is C18H19NO. The van der Waals surface area contributed by atoms with Gasteiger partial charge in [0, 0.05) is 12.2 Å². The molecule has 1 atom stereocenters. The SMILES string of the molecule is CCN1C(=O)[C@H](Cc2cccc(C)c2)c2ccccc21. The van der Waals surface area contributed by atoms with Gasteiger partial charge in [0.25, 0.3) is 0 Å². The van der Waals surface area contributed by atoms with Crippen LogP contribution in [0.5, 0.6) is 0 Å². The fraction of sp³-hybridized carbons (Fsp3) is 0.278. The van der Waals surface area contributed by atoms with Crippen LogP contribution < -0.4 is 4.90 Å². The van der Waals surface area contributed by atoms with Gasteiger partial charge < -0.3 is 4.90 Å². The quantitative estimate of drug-likeness (QED) is 0.829. The van der Waals surface area contributed by atoms with E-state index in [1.54, 1.807) is 0 Å². The summed E-state index contributed by atoms with van der Waals surface area (Å²) in [5, 5.41) is 0. The van der Waals surface area contributed by atoms with Crippen LogP contribution in [-0.4, -0.2) is 12.5 Å². The van der Waals surface area contributed by atoms with Gasteiger partial charge in [-0.1, -0.05) is 48.0 Å². The molecule has 0 bridgehead atoms. The van der Waals surface area contributed by atoms with Crippen molar-refractivity contribution < 1.29 is 4.79 Å². The Morgan fingerprint density at radius 3 is 2.65 bits per heavy atom. The molecule has 0 fully saturated rings. The van der Waals surface area contributed by atoms with Gasteiger partial charge in [-0.2, -0.15) is 0 Å². The third kappa shape index (κ3) is 2.11. The lowest BCUT2D eigenvalue weighted by molar-refractivity contribution is -0.119. The number of amides is 1. The van der Waals surface area contributed by atoms with Crippen LogP contribution in [0.3, 0.4) is 0 Å². The van der Waals surface area contributed by atoms with Crippen molar-refractivity contribution in [3.05, 3.63) is 65.2 Å². The molecule has 2 aromatic rings. The number of benzene rings is 2. The van der Waals surface area contributed by atoms with Crippen molar-refractivity contribution in [1.82, 2.24) is 0 Å². The average molecular weight is 265 g/mol. The minimum absolute atomic E-state index is 0.0343. The number of likely N-dealkylation sites (N-methyl/N-ethyl adjacent to an activating group) is 1. The summed E-state index contributed by atoms with van der Waals surface area (Å²) in [5.74, 6) is 0.197. The van der Waals surface area contributed by atoms with Crippen LogP contribution in [0.1, 0.15) is 29.5 Å². The molecule has 1 amide bonds. The van der Waals surface area contributed by atoms with Gasteiger partial charge in [0.05, 0.1) is 5.92 Å². The Balaban J connectivity index is 1.96. The molecule has 2 nitrogen and oxygen atoms in total. The van der Waals surface area contributed by atoms with Gasteiger partial charge in [0.1, 0.15) is 0 Å². The zero-order chi connectivity index (χ0) is 14.1. The molecule has 102 valence electrons. The predicted molar refractivity (Wildman–Crippen MR) is 82.1 cm³/mol. The van der Waals surface area contributed by atoms with E-state index in [1.807, 2.05) is 30.0 Å². The predicted octanol–water partition coefficient (Wildman–Crippen LogP) is 3.69. The average Bonchev–Trinajstić information content (AvgIpc) is 2.72. The largest absolute Gasteiger partial charge is 0.312 e. The van der Waals surface area contributed by atoms with E-state index in [1.165, 1.54) is 16.7 Å². The number of anilines is 1. The first kappa shape index (κ1) is 12.9. The molecule has 2 aromatic carbocycles. The zero-order valence-electron chi connectivity index (χ0n) is 12.0. The first-order valence-corrected chi connectivity index (χ1v) is 7.16. The van der Waals surface area contributed by atoms with Crippen molar-refractivity contribution >= 4 is 11.6 Å². The van der Waals surface area contributed by atoms with Crippen molar-refractivity contribution in [3.8, 4) is 0 Å². The van der Waals surface area contributed by atoms with Gasteiger partial charge in [0.15, 0.2) is 0 Å². The number of rotatable bonds is 3. The summed E-state index contributed by atoms with van der Waals surface area (Å²) >= 11 is 0. The number of hydrogen-bond acceptors (Lipinski definition) is 1. The summed E-state index contributed by atoms with van der Waals surface area (Å²) in [4.78, 5) is 14.5. The number of para-hydroxylation sites is 1. The molecule has 3 rings (SSSR count). The maximum Gasteiger partial charge on any atom is 0.234 e. The van der Waals surface area contributed by atoms with Crippen LogP contribution in [0.15, 0.2) is 48.5 Å². The second-order valence-corrected chi connectivity index (χ2v) is 5.39. The highest BCUT2D eigenvalue weighted by molar-refractivity contribution is 6.05. The molecule has 0 saturated heterocycles. The third-order valence-corrected chi connectivity index (χ3v) is 4.01. The number of nitrogens with zero attached hydrogens (tertiary/aromatic N) is 1. The van der Waals surface area contributed by atoms with Crippen molar-refractivity contribution in [3.63, 3.8) is 0 Å². The molecule has 0 spiro atoms. The van der Waals surface area contributed by atoms with Gasteiger partial charge in [-0.3, -0.25) is 4.79 Å². The molecule has 0 aromatic heterocycles. The van der Waals surface area contributed by atoms with E-state index in [4.69, 9.17) is 0 Å². The Kier molecular flexibility index (Phi) is 3.31. The van der Waals surface area contributed by atoms with Gasteiger partial charge in [-0.25, -0.2) is 0 Å². The second kappa shape index (κ2) is 5.12. The smallest absolute Gasteiger partial charge is 0.234 e. The van der Waals surface area contributed by atoms with Gasteiger partial charge in [0.2, 0.25) is 5.91 Å². The Labute approximate surface area is 120 Å². The van der Waals surface area contributed by atoms with E-state index in [9.17, 15) is 4.79 Å². The fourth-order valence-corrected chi connectivity index (χ4v) is 3.07. The van der Waals surface area contributed by atoms with E-state index >= 15 is 0 Å². The Morgan fingerprint density at radius 1 is 1.10 bits per heavy atom. The van der Waals surface area contributed by atoms with E-state index in [0.29, 0.717) is 0 Å². The molecule has 2 heteroatoms. The van der Waals surface area contributed by atoms with Crippen LogP contribution in [0.25, 0.3) is 0 Å². The normalized spacial score (nSPS) is 17.4. The molecule has 0 N–H and O–H groups in total. The third-order valence-electron chi connectivity index (χ3n) is 4.01. The van der Waals surface area contributed by atoms with Gasteiger partial charge >= 0.3 is 0 Å². The number of hydrogen-bond donors (Lipinski definition) is 0. The molecule has 0 saturated carbocycles. The van der Waals surface area contributed by atoms with Gasteiger partial charge in [-0.15, -0.1) is 0 Å². The summed E-state index contributed by atoms with van der Waals surface area (Å²) < 4.78 is 0. The Hall–Kier alpha value is -2.09. The van der Waals surface area contributed by atoms with Crippen LogP contribution in [-0.2, 0) is 11.2 Å². The number of fused-ring (bicyclic) bond motifs is 1. The lowest BCUT2D eigenvalue weighted by Crippen LogP contribution is -2.29. The molecular weight excluding hydrogens is 246 g/mol.